The maximum absolute atomic E-state index is 13.1. The van der Waals surface area contributed by atoms with E-state index >= 15 is 0 Å². The molecular weight excluding hydrogens is 432 g/mol. The molecule has 0 spiro atoms. The van der Waals surface area contributed by atoms with Gasteiger partial charge in [-0.25, -0.2) is 4.98 Å². The molecule has 0 fully saturated rings. The normalized spacial score (nSPS) is 16.7. The summed E-state index contributed by atoms with van der Waals surface area (Å²) in [6, 6.07) is 21.0. The quantitative estimate of drug-likeness (QED) is 0.479. The van der Waals surface area contributed by atoms with Crippen molar-refractivity contribution in [3.8, 4) is 0 Å². The molecule has 0 aliphatic carbocycles. The van der Waals surface area contributed by atoms with Crippen LogP contribution in [0.15, 0.2) is 71.9 Å². The molecule has 0 saturated carbocycles. The molecule has 2 aromatic carbocycles. The minimum absolute atomic E-state index is 0.234. The fourth-order valence-electron chi connectivity index (χ4n) is 3.73. The number of thiophene rings is 1. The molecule has 2 aromatic heterocycles. The van der Waals surface area contributed by atoms with Crippen LogP contribution in [-0.2, 0) is 16.7 Å². The number of para-hydroxylation sites is 2. The fourth-order valence-corrected chi connectivity index (χ4v) is 4.77. The van der Waals surface area contributed by atoms with Gasteiger partial charge in [0.05, 0.1) is 20.2 Å². The molecule has 0 radical (unpaired) electrons. The molecule has 1 amide bonds. The Labute approximate surface area is 188 Å². The van der Waals surface area contributed by atoms with E-state index in [0.717, 1.165) is 33.0 Å². The van der Waals surface area contributed by atoms with E-state index < -0.39 is 12.1 Å². The molecule has 8 heteroatoms. The summed E-state index contributed by atoms with van der Waals surface area (Å²) in [5.41, 5.74) is 3.56. The molecule has 3 heterocycles. The molecule has 1 N–H and O–H groups in total. The molecule has 2 atom stereocenters. The molecule has 2 unspecified atom stereocenters. The first-order valence-electron chi connectivity index (χ1n) is 9.85. The zero-order valence-electron chi connectivity index (χ0n) is 16.7. The number of aryl methyl sites for hydroxylation is 1. The topological polar surface area (TPSA) is 68.5 Å². The number of nitrogens with zero attached hydrogens (tertiary/aromatic N) is 3. The van der Waals surface area contributed by atoms with E-state index in [0.29, 0.717) is 10.8 Å². The van der Waals surface area contributed by atoms with Crippen LogP contribution in [0.2, 0.25) is 4.34 Å². The van der Waals surface area contributed by atoms with Crippen LogP contribution in [0.4, 0.5) is 0 Å². The third-order valence-corrected chi connectivity index (χ3v) is 6.60. The van der Waals surface area contributed by atoms with Crippen LogP contribution in [0.5, 0.6) is 0 Å². The Kier molecular flexibility index (Phi) is 5.21. The number of carbonyl (C=O) groups excluding carboxylic acids is 1. The van der Waals surface area contributed by atoms with Crippen LogP contribution in [0.1, 0.15) is 28.7 Å². The van der Waals surface area contributed by atoms with Gasteiger partial charge in [0, 0.05) is 13.5 Å². The standard InChI is InChI=1S/C23H19ClN4O2S/c1-28-17-10-6-5-9-15(17)25-22(28)21(14-7-3-2-4-8-14)26-23(29)18-13-16(27-30-18)19-11-12-20(24)31-19/h2-12,18,21H,13H2,1H3,(H,26,29). The Bertz CT molecular complexity index is 1280. The average molecular weight is 451 g/mol. The molecule has 0 saturated heterocycles. The Balaban J connectivity index is 1.42. The number of benzene rings is 2. The van der Waals surface area contributed by atoms with Gasteiger partial charge < -0.3 is 14.7 Å². The molecule has 5 rings (SSSR count). The van der Waals surface area contributed by atoms with Gasteiger partial charge in [-0.1, -0.05) is 59.2 Å². The van der Waals surface area contributed by atoms with Gasteiger partial charge >= 0.3 is 0 Å². The number of hydrogen-bond donors (Lipinski definition) is 1. The molecule has 6 nitrogen and oxygen atoms in total. The predicted molar refractivity (Wildman–Crippen MR) is 122 cm³/mol. The zero-order chi connectivity index (χ0) is 21.4. The minimum atomic E-state index is -0.697. The predicted octanol–water partition coefficient (Wildman–Crippen LogP) is 4.69. The Hall–Kier alpha value is -3.16. The number of fused-ring (bicyclic) bond motifs is 1. The van der Waals surface area contributed by atoms with Crippen LogP contribution < -0.4 is 5.32 Å². The first-order chi connectivity index (χ1) is 15.1. The summed E-state index contributed by atoms with van der Waals surface area (Å²) in [7, 11) is 1.96. The number of carbonyl (C=O) groups is 1. The maximum atomic E-state index is 13.1. The number of imidazole rings is 1. The molecule has 1 aliphatic rings. The van der Waals surface area contributed by atoms with E-state index in [-0.39, 0.29) is 5.91 Å². The van der Waals surface area contributed by atoms with Crippen LogP contribution in [0.3, 0.4) is 0 Å². The molecule has 1 aliphatic heterocycles. The number of oxime groups is 1. The van der Waals surface area contributed by atoms with E-state index in [9.17, 15) is 4.79 Å². The smallest absolute Gasteiger partial charge is 0.265 e. The monoisotopic (exact) mass is 450 g/mol. The van der Waals surface area contributed by atoms with Crippen molar-refractivity contribution in [3.63, 3.8) is 0 Å². The van der Waals surface area contributed by atoms with Gasteiger partial charge in [-0.15, -0.1) is 11.3 Å². The lowest BCUT2D eigenvalue weighted by atomic mass is 10.0. The summed E-state index contributed by atoms with van der Waals surface area (Å²) >= 11 is 7.45. The van der Waals surface area contributed by atoms with Crippen molar-refractivity contribution in [1.82, 2.24) is 14.9 Å². The Morgan fingerprint density at radius 1 is 1.16 bits per heavy atom. The van der Waals surface area contributed by atoms with Gasteiger partial charge in [0.2, 0.25) is 6.10 Å². The van der Waals surface area contributed by atoms with Crippen molar-refractivity contribution < 1.29 is 9.63 Å². The Morgan fingerprint density at radius 3 is 2.68 bits per heavy atom. The van der Waals surface area contributed by atoms with Crippen molar-refractivity contribution in [2.45, 2.75) is 18.6 Å². The van der Waals surface area contributed by atoms with Gasteiger partial charge in [0.1, 0.15) is 17.6 Å². The van der Waals surface area contributed by atoms with Crippen LogP contribution in [0, 0.1) is 0 Å². The molecular formula is C23H19ClN4O2S. The lowest BCUT2D eigenvalue weighted by Crippen LogP contribution is -2.38. The Morgan fingerprint density at radius 2 is 1.94 bits per heavy atom. The van der Waals surface area contributed by atoms with E-state index in [1.54, 1.807) is 0 Å². The summed E-state index contributed by atoms with van der Waals surface area (Å²) in [4.78, 5) is 24.3. The van der Waals surface area contributed by atoms with E-state index in [2.05, 4.69) is 10.5 Å². The summed E-state index contributed by atoms with van der Waals surface area (Å²) < 4.78 is 2.69. The van der Waals surface area contributed by atoms with Crippen molar-refractivity contribution in [1.29, 1.82) is 0 Å². The first kappa shape index (κ1) is 19.8. The van der Waals surface area contributed by atoms with Gasteiger partial charge in [-0.2, -0.15) is 0 Å². The minimum Gasteiger partial charge on any atom is -0.382 e. The van der Waals surface area contributed by atoms with Crippen molar-refractivity contribution in [3.05, 3.63) is 87.3 Å². The summed E-state index contributed by atoms with van der Waals surface area (Å²) in [5, 5.41) is 7.24. The van der Waals surface area contributed by atoms with E-state index in [1.165, 1.54) is 11.3 Å². The van der Waals surface area contributed by atoms with Crippen molar-refractivity contribution in [2.24, 2.45) is 12.2 Å². The summed E-state index contributed by atoms with van der Waals surface area (Å²) in [6.07, 6.45) is -0.302. The van der Waals surface area contributed by atoms with Crippen LogP contribution >= 0.6 is 22.9 Å². The maximum Gasteiger partial charge on any atom is 0.265 e. The number of amides is 1. The van der Waals surface area contributed by atoms with Crippen molar-refractivity contribution >= 4 is 45.6 Å². The lowest BCUT2D eigenvalue weighted by Gasteiger charge is -2.20. The number of halogens is 1. The second-order valence-corrected chi connectivity index (χ2v) is 9.03. The van der Waals surface area contributed by atoms with E-state index in [1.807, 2.05) is 78.3 Å². The highest BCUT2D eigenvalue weighted by Crippen LogP contribution is 2.28. The van der Waals surface area contributed by atoms with Crippen LogP contribution in [-0.4, -0.2) is 27.3 Å². The lowest BCUT2D eigenvalue weighted by molar-refractivity contribution is -0.131. The number of rotatable bonds is 5. The molecule has 31 heavy (non-hydrogen) atoms. The van der Waals surface area contributed by atoms with Crippen molar-refractivity contribution in [2.75, 3.05) is 0 Å². The summed E-state index contributed by atoms with van der Waals surface area (Å²) in [5.74, 6) is 0.521. The van der Waals surface area contributed by atoms with Gasteiger partial charge in [0.25, 0.3) is 5.91 Å². The average Bonchev–Trinajstić information content (AvgIpc) is 3.52. The second-order valence-electron chi connectivity index (χ2n) is 7.31. The number of nitrogens with one attached hydrogen (secondary N) is 1. The molecule has 4 aromatic rings. The summed E-state index contributed by atoms with van der Waals surface area (Å²) in [6.45, 7) is 0. The van der Waals surface area contributed by atoms with E-state index in [4.69, 9.17) is 21.4 Å². The van der Waals surface area contributed by atoms with Crippen LogP contribution in [0.25, 0.3) is 11.0 Å². The third-order valence-electron chi connectivity index (χ3n) is 5.32. The highest BCUT2D eigenvalue weighted by atomic mass is 35.5. The largest absolute Gasteiger partial charge is 0.382 e. The molecule has 156 valence electrons. The van der Waals surface area contributed by atoms with Gasteiger partial charge in [0.15, 0.2) is 0 Å². The first-order valence-corrected chi connectivity index (χ1v) is 11.0. The number of aromatic nitrogens is 2. The van der Waals surface area contributed by atoms with Gasteiger partial charge in [-0.05, 0) is 29.8 Å². The zero-order valence-corrected chi connectivity index (χ0v) is 18.2. The SMILES string of the molecule is Cn1c(C(NC(=O)C2CC(c3ccc(Cl)s3)=NO2)c2ccccc2)nc2ccccc21. The second kappa shape index (κ2) is 8.17. The number of hydrogen-bond acceptors (Lipinski definition) is 5. The highest BCUT2D eigenvalue weighted by molar-refractivity contribution is 7.18. The third kappa shape index (κ3) is 3.82. The fraction of sp³-hybridized carbons (Fsp3) is 0.174. The van der Waals surface area contributed by atoms with Gasteiger partial charge in [-0.3, -0.25) is 4.79 Å². The molecule has 0 bridgehead atoms. The highest BCUT2D eigenvalue weighted by Gasteiger charge is 2.32.